The second-order valence-corrected chi connectivity index (χ2v) is 5.12. The van der Waals surface area contributed by atoms with Crippen molar-refractivity contribution in [2.75, 3.05) is 16.9 Å². The molecule has 100 valence electrons. The minimum Gasteiger partial charge on any atom is -0.336 e. The maximum absolute atomic E-state index is 11.9. The normalized spacial score (nSPS) is 10.4. The van der Waals surface area contributed by atoms with Gasteiger partial charge in [0.1, 0.15) is 6.33 Å². The summed E-state index contributed by atoms with van der Waals surface area (Å²) in [6.45, 7) is 3.94. The highest BCUT2D eigenvalue weighted by Crippen LogP contribution is 2.18. The minimum absolute atomic E-state index is 0.0956. The summed E-state index contributed by atoms with van der Waals surface area (Å²) in [6.07, 6.45) is 1.39. The first-order chi connectivity index (χ1) is 9.06. The Kier molecular flexibility index (Phi) is 4.06. The highest BCUT2D eigenvalue weighted by molar-refractivity contribution is 7.99. The Morgan fingerprint density at radius 2 is 2.26 bits per heavy atom. The van der Waals surface area contributed by atoms with E-state index in [-0.39, 0.29) is 11.7 Å². The molecule has 1 heterocycles. The van der Waals surface area contributed by atoms with Crippen molar-refractivity contribution >= 4 is 23.4 Å². The van der Waals surface area contributed by atoms with Gasteiger partial charge in [0.05, 0.1) is 5.75 Å². The molecular weight excluding hydrogens is 262 g/mol. The topological polar surface area (TPSA) is 85.8 Å². The van der Waals surface area contributed by atoms with Crippen molar-refractivity contribution in [1.29, 1.82) is 0 Å². The van der Waals surface area contributed by atoms with Crippen molar-refractivity contribution in [2.45, 2.75) is 19.0 Å². The maximum Gasteiger partial charge on any atom is 0.234 e. The molecule has 19 heavy (non-hydrogen) atoms. The third kappa shape index (κ3) is 3.47. The van der Waals surface area contributed by atoms with Crippen LogP contribution < -0.4 is 11.2 Å². The highest BCUT2D eigenvalue weighted by atomic mass is 32.2. The molecule has 0 saturated heterocycles. The number of carbonyl (C=O) groups is 1. The number of hydrogen-bond acceptors (Lipinski definition) is 5. The summed E-state index contributed by atoms with van der Waals surface area (Å²) in [5, 5.41) is 10.8. The monoisotopic (exact) mass is 277 g/mol. The third-order valence-corrected chi connectivity index (χ3v) is 3.50. The van der Waals surface area contributed by atoms with Crippen LogP contribution >= 0.6 is 11.8 Å². The molecule has 0 saturated carbocycles. The molecule has 2 rings (SSSR count). The van der Waals surface area contributed by atoms with E-state index in [2.05, 4.69) is 15.5 Å². The standard InChI is InChI=1S/C12H15N5OS/c1-8-3-4-9(2)10(5-8)15-11(18)6-19-12-16-14-7-17(12)13/h3-5,7H,6,13H2,1-2H3,(H,15,18). The SMILES string of the molecule is Cc1ccc(C)c(NC(=O)CSc2nncn2N)c1. The number of carbonyl (C=O) groups excluding carboxylic acids is 1. The molecule has 0 atom stereocenters. The van der Waals surface area contributed by atoms with E-state index in [1.54, 1.807) is 0 Å². The van der Waals surface area contributed by atoms with Gasteiger partial charge in [-0.2, -0.15) is 0 Å². The number of nitrogens with zero attached hydrogens (tertiary/aromatic N) is 3. The first-order valence-corrected chi connectivity index (χ1v) is 6.70. The smallest absolute Gasteiger partial charge is 0.234 e. The Labute approximate surface area is 115 Å². The van der Waals surface area contributed by atoms with E-state index in [0.717, 1.165) is 16.8 Å². The Hall–Kier alpha value is -2.02. The number of anilines is 1. The molecule has 0 unspecified atom stereocenters. The van der Waals surface area contributed by atoms with Crippen molar-refractivity contribution in [2.24, 2.45) is 0 Å². The first kappa shape index (κ1) is 13.4. The lowest BCUT2D eigenvalue weighted by Crippen LogP contribution is -2.16. The second-order valence-electron chi connectivity index (χ2n) is 4.18. The summed E-state index contributed by atoms with van der Waals surface area (Å²) in [5.74, 6) is 5.71. The lowest BCUT2D eigenvalue weighted by molar-refractivity contribution is -0.113. The second kappa shape index (κ2) is 5.75. The van der Waals surface area contributed by atoms with Crippen LogP contribution in [0.15, 0.2) is 29.7 Å². The van der Waals surface area contributed by atoms with E-state index < -0.39 is 0 Å². The molecule has 0 aliphatic rings. The van der Waals surface area contributed by atoms with Crippen molar-refractivity contribution in [3.63, 3.8) is 0 Å². The minimum atomic E-state index is -0.0956. The van der Waals surface area contributed by atoms with Gasteiger partial charge in [-0.15, -0.1) is 10.2 Å². The fourth-order valence-electron chi connectivity index (χ4n) is 1.52. The van der Waals surface area contributed by atoms with Crippen molar-refractivity contribution < 1.29 is 4.79 Å². The zero-order valence-corrected chi connectivity index (χ0v) is 11.6. The van der Waals surface area contributed by atoms with Gasteiger partial charge in [0, 0.05) is 5.69 Å². The molecular formula is C12H15N5OS. The Morgan fingerprint density at radius 3 is 2.95 bits per heavy atom. The number of nitrogens with one attached hydrogen (secondary N) is 1. The van der Waals surface area contributed by atoms with E-state index in [4.69, 9.17) is 5.84 Å². The molecule has 0 aliphatic heterocycles. The molecule has 2 aromatic rings. The van der Waals surface area contributed by atoms with Gasteiger partial charge in [0.25, 0.3) is 0 Å². The summed E-state index contributed by atoms with van der Waals surface area (Å²) in [4.78, 5) is 11.9. The number of hydrogen-bond donors (Lipinski definition) is 2. The van der Waals surface area contributed by atoms with E-state index >= 15 is 0 Å². The number of benzene rings is 1. The van der Waals surface area contributed by atoms with Gasteiger partial charge >= 0.3 is 0 Å². The van der Waals surface area contributed by atoms with E-state index in [0.29, 0.717) is 5.16 Å². The molecule has 0 aliphatic carbocycles. The van der Waals surface area contributed by atoms with E-state index in [1.807, 2.05) is 32.0 Å². The molecule has 1 amide bonds. The van der Waals surface area contributed by atoms with Crippen LogP contribution in [0.4, 0.5) is 5.69 Å². The van der Waals surface area contributed by atoms with Gasteiger partial charge in [-0.3, -0.25) is 4.79 Å². The number of nitrogen functional groups attached to an aromatic ring is 1. The average molecular weight is 277 g/mol. The fourth-order valence-corrected chi connectivity index (χ4v) is 2.16. The number of aromatic nitrogens is 3. The van der Waals surface area contributed by atoms with Crippen LogP contribution in [0.3, 0.4) is 0 Å². The van der Waals surface area contributed by atoms with Gasteiger partial charge in [-0.05, 0) is 31.0 Å². The van der Waals surface area contributed by atoms with Crippen LogP contribution in [0.2, 0.25) is 0 Å². The lowest BCUT2D eigenvalue weighted by Gasteiger charge is -2.08. The zero-order chi connectivity index (χ0) is 13.8. The zero-order valence-electron chi connectivity index (χ0n) is 10.8. The van der Waals surface area contributed by atoms with Crippen LogP contribution in [0.25, 0.3) is 0 Å². The number of amides is 1. The average Bonchev–Trinajstić information content (AvgIpc) is 2.77. The number of nitrogens with two attached hydrogens (primary N) is 1. The largest absolute Gasteiger partial charge is 0.336 e. The molecule has 6 nitrogen and oxygen atoms in total. The number of thioether (sulfide) groups is 1. The van der Waals surface area contributed by atoms with Gasteiger partial charge in [0.15, 0.2) is 0 Å². The quantitative estimate of drug-likeness (QED) is 0.650. The molecule has 0 radical (unpaired) electrons. The van der Waals surface area contributed by atoms with Crippen molar-refractivity contribution in [1.82, 2.24) is 14.9 Å². The van der Waals surface area contributed by atoms with Gasteiger partial charge < -0.3 is 11.2 Å². The van der Waals surface area contributed by atoms with Crippen molar-refractivity contribution in [3.05, 3.63) is 35.7 Å². The van der Waals surface area contributed by atoms with Crippen LogP contribution in [-0.2, 0) is 4.79 Å². The van der Waals surface area contributed by atoms with E-state index in [9.17, 15) is 4.79 Å². The first-order valence-electron chi connectivity index (χ1n) is 5.71. The van der Waals surface area contributed by atoms with Crippen LogP contribution in [0, 0.1) is 13.8 Å². The molecule has 1 aromatic carbocycles. The number of rotatable bonds is 4. The number of aryl methyl sites for hydroxylation is 2. The summed E-state index contributed by atoms with van der Waals surface area (Å²) < 4.78 is 1.29. The molecule has 1 aromatic heterocycles. The van der Waals surface area contributed by atoms with Gasteiger partial charge in [0.2, 0.25) is 11.1 Å². The summed E-state index contributed by atoms with van der Waals surface area (Å²) in [5.41, 5.74) is 2.97. The van der Waals surface area contributed by atoms with Crippen LogP contribution in [0.5, 0.6) is 0 Å². The molecule has 7 heteroatoms. The van der Waals surface area contributed by atoms with E-state index in [1.165, 1.54) is 22.8 Å². The Balaban J connectivity index is 1.94. The molecule has 3 N–H and O–H groups in total. The summed E-state index contributed by atoms with van der Waals surface area (Å²) in [7, 11) is 0. The lowest BCUT2D eigenvalue weighted by atomic mass is 10.1. The Bertz CT molecular complexity index is 596. The van der Waals surface area contributed by atoms with Crippen LogP contribution in [-0.4, -0.2) is 26.5 Å². The summed E-state index contributed by atoms with van der Waals surface area (Å²) >= 11 is 1.24. The predicted molar refractivity (Wildman–Crippen MR) is 75.4 cm³/mol. The maximum atomic E-state index is 11.9. The third-order valence-electron chi connectivity index (χ3n) is 2.54. The van der Waals surface area contributed by atoms with Crippen LogP contribution in [0.1, 0.15) is 11.1 Å². The fraction of sp³-hybridized carbons (Fsp3) is 0.250. The molecule has 0 fully saturated rings. The molecule has 0 spiro atoms. The highest BCUT2D eigenvalue weighted by Gasteiger charge is 2.08. The van der Waals surface area contributed by atoms with Gasteiger partial charge in [-0.25, -0.2) is 4.68 Å². The summed E-state index contributed by atoms with van der Waals surface area (Å²) in [6, 6.07) is 5.94. The Morgan fingerprint density at radius 1 is 1.47 bits per heavy atom. The molecule has 0 bridgehead atoms. The van der Waals surface area contributed by atoms with Gasteiger partial charge in [-0.1, -0.05) is 23.9 Å². The predicted octanol–water partition coefficient (Wildman–Crippen LogP) is 1.34. The van der Waals surface area contributed by atoms with Crippen molar-refractivity contribution in [3.8, 4) is 0 Å².